The molecule has 1 aromatic carbocycles. The van der Waals surface area contributed by atoms with Gasteiger partial charge in [-0.2, -0.15) is 10.1 Å². The van der Waals surface area contributed by atoms with Crippen LogP contribution in [0.5, 0.6) is 0 Å². The van der Waals surface area contributed by atoms with Gasteiger partial charge in [-0.25, -0.2) is 5.10 Å². The Bertz CT molecular complexity index is 973. The number of rotatable bonds is 7. The van der Waals surface area contributed by atoms with E-state index in [9.17, 15) is 9.59 Å². The smallest absolute Gasteiger partial charge is 0.279 e. The summed E-state index contributed by atoms with van der Waals surface area (Å²) in [7, 11) is 1.84. The van der Waals surface area contributed by atoms with Crippen molar-refractivity contribution in [1.29, 1.82) is 0 Å². The van der Waals surface area contributed by atoms with Crippen LogP contribution in [0.1, 0.15) is 27.3 Å². The minimum atomic E-state index is -0.124. The molecule has 0 spiro atoms. The molecule has 1 unspecified atom stereocenters. The van der Waals surface area contributed by atoms with Crippen LogP contribution in [0.3, 0.4) is 0 Å². The molecule has 1 atom stereocenters. The zero-order valence-electron chi connectivity index (χ0n) is 16.5. The topological polar surface area (TPSA) is 97.1 Å². The van der Waals surface area contributed by atoms with Crippen LogP contribution in [-0.2, 0) is 4.79 Å². The van der Waals surface area contributed by atoms with Crippen LogP contribution in [0.15, 0.2) is 36.7 Å². The molecule has 0 saturated heterocycles. The molecule has 8 heteroatoms. The Morgan fingerprint density at radius 3 is 2.50 bits per heavy atom. The fraction of sp³-hybridized carbons (Fsp3) is 0.300. The molecule has 3 aromatic rings. The molecule has 8 nitrogen and oxygen atoms in total. The lowest BCUT2D eigenvalue weighted by molar-refractivity contribution is -0.861. The van der Waals surface area contributed by atoms with Gasteiger partial charge in [-0.1, -0.05) is 17.7 Å². The number of hydrogen-bond donors (Lipinski definition) is 3. The molecule has 28 heavy (non-hydrogen) atoms. The maximum absolute atomic E-state index is 12.8. The molecule has 2 aromatic heterocycles. The highest BCUT2D eigenvalue weighted by molar-refractivity contribution is 5.98. The van der Waals surface area contributed by atoms with E-state index in [0.717, 1.165) is 27.5 Å². The van der Waals surface area contributed by atoms with Crippen LogP contribution in [-0.4, -0.2) is 51.6 Å². The van der Waals surface area contributed by atoms with Crippen LogP contribution >= 0.6 is 0 Å². The molecule has 0 aliphatic carbocycles. The van der Waals surface area contributed by atoms with E-state index in [4.69, 9.17) is 0 Å². The molecule has 146 valence electrons. The maximum atomic E-state index is 12.8. The van der Waals surface area contributed by atoms with E-state index in [-0.39, 0.29) is 24.8 Å². The summed E-state index contributed by atoms with van der Waals surface area (Å²) in [5.41, 5.74) is 4.22. The van der Waals surface area contributed by atoms with Gasteiger partial charge in [-0.15, -0.1) is 0 Å². The number of nitrogens with zero attached hydrogens (tertiary/aromatic N) is 3. The van der Waals surface area contributed by atoms with Crippen molar-refractivity contribution < 1.29 is 14.5 Å². The number of benzene rings is 1. The number of hydrogen-bond acceptors (Lipinski definition) is 4. The normalized spacial score (nSPS) is 12.0. The second kappa shape index (κ2) is 8.18. The third-order valence-electron chi connectivity index (χ3n) is 4.61. The first-order valence-corrected chi connectivity index (χ1v) is 9.11. The lowest BCUT2D eigenvalue weighted by atomic mass is 10.1. The molecular weight excluding hydrogens is 356 g/mol. The monoisotopic (exact) mass is 381 g/mol. The first kappa shape index (κ1) is 19.5. The first-order chi connectivity index (χ1) is 13.3. The summed E-state index contributed by atoms with van der Waals surface area (Å²) in [6.45, 7) is 6.22. The predicted molar refractivity (Wildman–Crippen MR) is 106 cm³/mol. The van der Waals surface area contributed by atoms with Crippen molar-refractivity contribution in [3.8, 4) is 5.95 Å². The summed E-state index contributed by atoms with van der Waals surface area (Å²) >= 11 is 0. The Kier molecular flexibility index (Phi) is 5.70. The fourth-order valence-corrected chi connectivity index (χ4v) is 3.23. The summed E-state index contributed by atoms with van der Waals surface area (Å²) in [6.07, 6.45) is 1.43. The minimum absolute atomic E-state index is 0.0144. The third kappa shape index (κ3) is 4.34. The highest BCUT2D eigenvalue weighted by Gasteiger charge is 2.21. The van der Waals surface area contributed by atoms with Crippen molar-refractivity contribution in [2.75, 3.05) is 25.5 Å². The number of Topliss-reactive ketones (excluding diaryl/α,β-unsaturated/α-hetero) is 1. The highest BCUT2D eigenvalue weighted by Crippen LogP contribution is 2.18. The average Bonchev–Trinajstić information content (AvgIpc) is 3.24. The SMILES string of the molecule is Cc1ccc(NC(=O)C[NH+](C)CC(=O)c2cc(C)n(-c3ncn[nH]3)c2C)cc1. The second-order valence-corrected chi connectivity index (χ2v) is 7.08. The van der Waals surface area contributed by atoms with Crippen molar-refractivity contribution >= 4 is 17.4 Å². The lowest BCUT2D eigenvalue weighted by Crippen LogP contribution is -3.11. The number of aryl methyl sites for hydroxylation is 2. The predicted octanol–water partition coefficient (Wildman–Crippen LogP) is 0.857. The quantitative estimate of drug-likeness (QED) is 0.529. The summed E-state index contributed by atoms with van der Waals surface area (Å²) < 4.78 is 1.86. The van der Waals surface area contributed by atoms with Gasteiger partial charge in [0.1, 0.15) is 12.9 Å². The zero-order chi connectivity index (χ0) is 20.3. The number of carbonyl (C=O) groups is 2. The second-order valence-electron chi connectivity index (χ2n) is 7.08. The van der Waals surface area contributed by atoms with Crippen LogP contribution in [0.25, 0.3) is 5.95 Å². The Morgan fingerprint density at radius 2 is 1.86 bits per heavy atom. The number of amides is 1. The molecule has 0 saturated carbocycles. The van der Waals surface area contributed by atoms with E-state index in [2.05, 4.69) is 20.5 Å². The Morgan fingerprint density at radius 1 is 1.14 bits per heavy atom. The van der Waals surface area contributed by atoms with Crippen molar-refractivity contribution in [3.63, 3.8) is 0 Å². The standard InChI is InChI=1S/C20H24N6O2/c1-13-5-7-16(8-6-13)23-19(28)11-25(4)10-18(27)17-9-14(2)26(15(17)3)20-21-12-22-24-20/h5-9,12H,10-11H2,1-4H3,(H,23,28)(H,21,22,24)/p+1. The van der Waals surface area contributed by atoms with Gasteiger partial charge >= 0.3 is 0 Å². The van der Waals surface area contributed by atoms with Crippen LogP contribution in [0.2, 0.25) is 0 Å². The van der Waals surface area contributed by atoms with Gasteiger partial charge in [0.2, 0.25) is 11.7 Å². The number of anilines is 1. The molecule has 2 heterocycles. The van der Waals surface area contributed by atoms with E-state index in [1.54, 1.807) is 0 Å². The van der Waals surface area contributed by atoms with E-state index < -0.39 is 0 Å². The van der Waals surface area contributed by atoms with Crippen LogP contribution in [0.4, 0.5) is 5.69 Å². The van der Waals surface area contributed by atoms with E-state index in [1.807, 2.05) is 62.7 Å². The van der Waals surface area contributed by atoms with Crippen LogP contribution < -0.4 is 10.2 Å². The number of quaternary nitrogens is 1. The highest BCUT2D eigenvalue weighted by atomic mass is 16.2. The first-order valence-electron chi connectivity index (χ1n) is 9.11. The van der Waals surface area contributed by atoms with Gasteiger partial charge in [0, 0.05) is 22.6 Å². The largest absolute Gasteiger partial charge is 0.323 e. The Labute approximate surface area is 163 Å². The molecule has 0 aliphatic heterocycles. The molecule has 0 bridgehead atoms. The number of ketones is 1. The third-order valence-corrected chi connectivity index (χ3v) is 4.61. The molecular formula is C20H25N6O2+. The van der Waals surface area contributed by atoms with Crippen LogP contribution in [0, 0.1) is 20.8 Å². The van der Waals surface area contributed by atoms with Crippen molar-refractivity contribution in [1.82, 2.24) is 19.7 Å². The summed E-state index contributed by atoms with van der Waals surface area (Å²) in [5, 5.41) is 9.54. The van der Waals surface area contributed by atoms with Crippen molar-refractivity contribution in [2.24, 2.45) is 0 Å². The van der Waals surface area contributed by atoms with Crippen molar-refractivity contribution in [3.05, 3.63) is 59.2 Å². The average molecular weight is 381 g/mol. The van der Waals surface area contributed by atoms with E-state index >= 15 is 0 Å². The number of H-pyrrole nitrogens is 1. The molecule has 1 amide bonds. The van der Waals surface area contributed by atoms with Gasteiger partial charge in [0.05, 0.1) is 7.05 Å². The van der Waals surface area contributed by atoms with Gasteiger partial charge < -0.3 is 10.2 Å². The van der Waals surface area contributed by atoms with E-state index in [0.29, 0.717) is 11.5 Å². The van der Waals surface area contributed by atoms with Crippen molar-refractivity contribution in [2.45, 2.75) is 20.8 Å². The van der Waals surface area contributed by atoms with Gasteiger partial charge in [0.15, 0.2) is 6.54 Å². The Balaban J connectivity index is 1.62. The van der Waals surface area contributed by atoms with E-state index in [1.165, 1.54) is 6.33 Å². The number of carbonyl (C=O) groups excluding carboxylic acids is 2. The van der Waals surface area contributed by atoms with Gasteiger partial charge in [-0.05, 0) is 39.0 Å². The molecule has 3 rings (SSSR count). The number of aromatic amines is 1. The maximum Gasteiger partial charge on any atom is 0.279 e. The molecule has 0 fully saturated rings. The number of likely N-dealkylation sites (N-methyl/N-ethyl adjacent to an activating group) is 1. The summed E-state index contributed by atoms with van der Waals surface area (Å²) in [5.74, 6) is 0.438. The fourth-order valence-electron chi connectivity index (χ4n) is 3.23. The molecule has 0 radical (unpaired) electrons. The number of aromatic nitrogens is 4. The molecule has 0 aliphatic rings. The zero-order valence-corrected chi connectivity index (χ0v) is 16.5. The van der Waals surface area contributed by atoms with Gasteiger partial charge in [-0.3, -0.25) is 14.2 Å². The summed E-state index contributed by atoms with van der Waals surface area (Å²) in [6, 6.07) is 9.47. The molecule has 3 N–H and O–H groups in total. The lowest BCUT2D eigenvalue weighted by Gasteiger charge is -2.13. The summed E-state index contributed by atoms with van der Waals surface area (Å²) in [4.78, 5) is 30.0. The number of nitrogens with one attached hydrogen (secondary N) is 3. The Hall–Kier alpha value is -3.26. The minimum Gasteiger partial charge on any atom is -0.323 e. The van der Waals surface area contributed by atoms with Gasteiger partial charge in [0.25, 0.3) is 5.91 Å².